The third-order valence-corrected chi connectivity index (χ3v) is 7.23. The van der Waals surface area contributed by atoms with Crippen LogP contribution in [-0.4, -0.2) is 18.4 Å². The highest BCUT2D eigenvalue weighted by atomic mass is 127. The summed E-state index contributed by atoms with van der Waals surface area (Å²) < 4.78 is 28.0. The van der Waals surface area contributed by atoms with Gasteiger partial charge in [-0.1, -0.05) is 0 Å². The number of pyridine rings is 2. The largest absolute Gasteiger partial charge is 0.321 e. The summed E-state index contributed by atoms with van der Waals surface area (Å²) in [6.45, 7) is 0. The molecule has 136 valence electrons. The average molecular weight is 604 g/mol. The molecule has 4 aromatic rings. The van der Waals surface area contributed by atoms with E-state index in [0.29, 0.717) is 21.8 Å². The minimum Gasteiger partial charge on any atom is -0.321 e. The molecule has 0 spiro atoms. The lowest BCUT2D eigenvalue weighted by atomic mass is 10.2. The number of halogens is 2. The smallest absolute Gasteiger partial charge is 0.267 e. The summed E-state index contributed by atoms with van der Waals surface area (Å²) in [7, 11) is -4.30. The summed E-state index contributed by atoms with van der Waals surface area (Å²) in [5.74, 6) is 0. The first-order valence-corrected chi connectivity index (χ1v) is 11.3. The third kappa shape index (κ3) is 3.31. The predicted octanol–water partition coefficient (Wildman–Crippen LogP) is 3.41. The summed E-state index contributed by atoms with van der Waals surface area (Å²) in [6, 6.07) is 13.2. The zero-order valence-corrected chi connectivity index (χ0v) is 18.5. The van der Waals surface area contributed by atoms with E-state index in [9.17, 15) is 18.0 Å². The van der Waals surface area contributed by atoms with E-state index >= 15 is 0 Å². The standard InChI is InChI=1S/C18H10I2N2O4S/c19-11-1-3-13-9(5-11)7-15(17(23)21-13)27(25,26)16-8-10-6-12(20)2-4-14(10)22-18(16)24/h1-8H,(H,21,23)(H,22,24). The van der Waals surface area contributed by atoms with Crippen LogP contribution in [0.2, 0.25) is 0 Å². The number of fused-ring (bicyclic) bond motifs is 2. The van der Waals surface area contributed by atoms with Crippen LogP contribution in [0.4, 0.5) is 0 Å². The summed E-state index contributed by atoms with van der Waals surface area (Å²) in [5, 5.41) is 1.15. The van der Waals surface area contributed by atoms with Crippen LogP contribution in [0.25, 0.3) is 21.8 Å². The van der Waals surface area contributed by atoms with E-state index in [1.807, 2.05) is 12.1 Å². The van der Waals surface area contributed by atoms with Gasteiger partial charge in [-0.3, -0.25) is 9.59 Å². The molecule has 0 aliphatic rings. The molecular formula is C18H10I2N2O4S. The van der Waals surface area contributed by atoms with Gasteiger partial charge in [-0.2, -0.15) is 0 Å². The second-order valence-corrected chi connectivity index (χ2v) is 10.3. The van der Waals surface area contributed by atoms with Crippen molar-refractivity contribution < 1.29 is 8.42 Å². The molecule has 9 heteroatoms. The molecule has 0 unspecified atom stereocenters. The molecule has 0 saturated heterocycles. The van der Waals surface area contributed by atoms with Gasteiger partial charge in [0.15, 0.2) is 0 Å². The summed E-state index contributed by atoms with van der Waals surface area (Å²) >= 11 is 4.20. The minimum atomic E-state index is -4.30. The van der Waals surface area contributed by atoms with Crippen molar-refractivity contribution >= 4 is 76.8 Å². The predicted molar refractivity (Wildman–Crippen MR) is 120 cm³/mol. The maximum absolute atomic E-state index is 13.1. The zero-order valence-electron chi connectivity index (χ0n) is 13.4. The van der Waals surface area contributed by atoms with Crippen LogP contribution in [0, 0.1) is 7.14 Å². The quantitative estimate of drug-likeness (QED) is 0.343. The molecule has 0 saturated carbocycles. The minimum absolute atomic E-state index is 0.451. The normalized spacial score (nSPS) is 11.9. The molecule has 0 amide bonds. The molecule has 0 aliphatic carbocycles. The molecule has 6 nitrogen and oxygen atoms in total. The molecule has 0 radical (unpaired) electrons. The molecule has 2 aromatic carbocycles. The Balaban J connectivity index is 2.01. The van der Waals surface area contributed by atoms with E-state index in [-0.39, 0.29) is 0 Å². The van der Waals surface area contributed by atoms with Crippen molar-refractivity contribution in [3.05, 3.63) is 76.4 Å². The monoisotopic (exact) mass is 604 g/mol. The van der Waals surface area contributed by atoms with Crippen molar-refractivity contribution in [3.8, 4) is 0 Å². The van der Waals surface area contributed by atoms with Crippen molar-refractivity contribution in [2.45, 2.75) is 9.79 Å². The van der Waals surface area contributed by atoms with E-state index in [4.69, 9.17) is 0 Å². The number of hydrogen-bond donors (Lipinski definition) is 2. The lowest BCUT2D eigenvalue weighted by Crippen LogP contribution is -2.23. The Morgan fingerprint density at radius 1 is 0.667 bits per heavy atom. The Morgan fingerprint density at radius 2 is 1.07 bits per heavy atom. The van der Waals surface area contributed by atoms with Crippen LogP contribution in [0.5, 0.6) is 0 Å². The van der Waals surface area contributed by atoms with Crippen LogP contribution in [-0.2, 0) is 9.84 Å². The Morgan fingerprint density at radius 3 is 1.48 bits per heavy atom. The number of nitrogens with one attached hydrogen (secondary N) is 2. The molecule has 0 bridgehead atoms. The molecule has 2 heterocycles. The van der Waals surface area contributed by atoms with Gasteiger partial charge in [0.05, 0.1) is 0 Å². The molecule has 0 aliphatic heterocycles. The topological polar surface area (TPSA) is 99.9 Å². The first-order valence-electron chi connectivity index (χ1n) is 7.66. The Bertz CT molecular complexity index is 1350. The highest BCUT2D eigenvalue weighted by Crippen LogP contribution is 2.23. The van der Waals surface area contributed by atoms with E-state index in [0.717, 1.165) is 7.14 Å². The first kappa shape index (κ1) is 18.6. The fourth-order valence-corrected chi connectivity index (χ4v) is 5.25. The van der Waals surface area contributed by atoms with Crippen molar-refractivity contribution in [3.63, 3.8) is 0 Å². The van der Waals surface area contributed by atoms with E-state index in [2.05, 4.69) is 55.1 Å². The molecule has 2 aromatic heterocycles. The van der Waals surface area contributed by atoms with Gasteiger partial charge in [-0.25, -0.2) is 8.42 Å². The molecule has 27 heavy (non-hydrogen) atoms. The number of sulfone groups is 1. The lowest BCUT2D eigenvalue weighted by molar-refractivity contribution is 0.594. The van der Waals surface area contributed by atoms with Crippen LogP contribution in [0.15, 0.2) is 67.9 Å². The number of aromatic nitrogens is 2. The van der Waals surface area contributed by atoms with Gasteiger partial charge in [-0.15, -0.1) is 0 Å². The third-order valence-electron chi connectivity index (χ3n) is 4.12. The van der Waals surface area contributed by atoms with Crippen LogP contribution >= 0.6 is 45.2 Å². The Labute approximate surface area is 180 Å². The van der Waals surface area contributed by atoms with Crippen molar-refractivity contribution in [1.29, 1.82) is 0 Å². The van der Waals surface area contributed by atoms with Crippen LogP contribution < -0.4 is 11.1 Å². The van der Waals surface area contributed by atoms with Crippen LogP contribution in [0.3, 0.4) is 0 Å². The van der Waals surface area contributed by atoms with Gasteiger partial charge in [0.25, 0.3) is 11.1 Å². The number of rotatable bonds is 2. The summed E-state index contributed by atoms with van der Waals surface area (Å²) in [4.78, 5) is 29.1. The van der Waals surface area contributed by atoms with Gasteiger partial charge in [0, 0.05) is 28.9 Å². The number of H-pyrrole nitrogens is 2. The Hall–Kier alpha value is -1.73. The first-order chi connectivity index (χ1) is 12.8. The molecule has 0 fully saturated rings. The van der Waals surface area contributed by atoms with Gasteiger partial charge >= 0.3 is 0 Å². The molecule has 4 rings (SSSR count). The molecule has 0 atom stereocenters. The van der Waals surface area contributed by atoms with Gasteiger partial charge in [0.2, 0.25) is 9.84 Å². The van der Waals surface area contributed by atoms with Crippen molar-refractivity contribution in [2.24, 2.45) is 0 Å². The van der Waals surface area contributed by atoms with E-state index in [1.54, 1.807) is 24.3 Å². The average Bonchev–Trinajstić information content (AvgIpc) is 2.61. The fraction of sp³-hybridized carbons (Fsp3) is 0. The van der Waals surface area contributed by atoms with Crippen molar-refractivity contribution in [2.75, 3.05) is 0 Å². The Kier molecular flexibility index (Phi) is 4.63. The fourth-order valence-electron chi connectivity index (χ4n) is 2.83. The van der Waals surface area contributed by atoms with E-state index < -0.39 is 30.7 Å². The zero-order chi connectivity index (χ0) is 19.3. The SMILES string of the molecule is O=c1[nH]c2ccc(I)cc2cc1S(=O)(=O)c1cc2cc(I)ccc2[nH]c1=O. The maximum atomic E-state index is 13.1. The number of hydrogen-bond acceptors (Lipinski definition) is 4. The second-order valence-electron chi connectivity index (χ2n) is 5.89. The highest BCUT2D eigenvalue weighted by Gasteiger charge is 2.25. The van der Waals surface area contributed by atoms with Gasteiger partial charge < -0.3 is 9.97 Å². The van der Waals surface area contributed by atoms with Gasteiger partial charge in [-0.05, 0) is 93.7 Å². The lowest BCUT2D eigenvalue weighted by Gasteiger charge is -2.07. The van der Waals surface area contributed by atoms with Crippen LogP contribution in [0.1, 0.15) is 0 Å². The molecule has 2 N–H and O–H groups in total. The second kappa shape index (κ2) is 6.71. The number of benzene rings is 2. The maximum Gasteiger partial charge on any atom is 0.267 e. The van der Waals surface area contributed by atoms with E-state index in [1.165, 1.54) is 12.1 Å². The summed E-state index contributed by atoms with van der Waals surface area (Å²) in [6.07, 6.45) is 0. The summed E-state index contributed by atoms with van der Waals surface area (Å²) in [5.41, 5.74) is -0.459. The highest BCUT2D eigenvalue weighted by molar-refractivity contribution is 14.1. The van der Waals surface area contributed by atoms with Gasteiger partial charge in [0.1, 0.15) is 9.79 Å². The molecular weight excluding hydrogens is 594 g/mol. The number of aromatic amines is 2. The van der Waals surface area contributed by atoms with Crippen molar-refractivity contribution in [1.82, 2.24) is 9.97 Å².